The van der Waals surface area contributed by atoms with Crippen molar-refractivity contribution in [2.45, 2.75) is 63.5 Å². The molecular weight excluding hydrogens is 752 g/mol. The van der Waals surface area contributed by atoms with Gasteiger partial charge in [0.05, 0.1) is 0 Å². The highest BCUT2D eigenvalue weighted by Gasteiger charge is 2.39. The van der Waals surface area contributed by atoms with E-state index in [0.29, 0.717) is 19.9 Å². The molecule has 56 heavy (non-hydrogen) atoms. The van der Waals surface area contributed by atoms with E-state index in [-0.39, 0.29) is 51.6 Å². The molecule has 2 saturated heterocycles. The van der Waals surface area contributed by atoms with Crippen LogP contribution in [0.15, 0.2) is 24.3 Å². The summed E-state index contributed by atoms with van der Waals surface area (Å²) in [7, 11) is 0. The predicted molar refractivity (Wildman–Crippen MR) is 174 cm³/mol. The van der Waals surface area contributed by atoms with E-state index >= 15 is 0 Å². The molecule has 24 nitrogen and oxygen atoms in total. The number of carbonyl (C=O) groups excluding carboxylic acids is 14. The Bertz CT molecular complexity index is 1640. The molecule has 4 aliphatic rings. The maximum absolute atomic E-state index is 13.6. The van der Waals surface area contributed by atoms with Gasteiger partial charge in [0.15, 0.2) is 0 Å². The Labute approximate surface area is 314 Å². The average Bonchev–Trinajstić information content (AvgIpc) is 3.86. The van der Waals surface area contributed by atoms with Crippen molar-refractivity contribution in [3.63, 3.8) is 0 Å². The van der Waals surface area contributed by atoms with Gasteiger partial charge in [0.25, 0.3) is 47.3 Å². The standard InChI is InChI=1S/C32H34N8O16/c41-17(15-37-19(43)5-6-20(37)44)35-29(31(53)33-13-1-3-27(51)55-39-23(47)9-10-24(39)48)30(36-18(42)16-38-21(45)7-8-22(38)46)32(54)34-14-2-4-28(52)56-40-25(49)11-12-26(40)50/h5-8,29-30H,1-4,9-16H2,(H,33,53)(H,34,54)(H,35,41)(H,36,42)/t29-,30+. The second kappa shape index (κ2) is 18.8. The van der Waals surface area contributed by atoms with Crippen LogP contribution in [0.4, 0.5) is 0 Å². The van der Waals surface area contributed by atoms with E-state index in [1.165, 1.54) is 0 Å². The van der Waals surface area contributed by atoms with Crippen LogP contribution in [0, 0.1) is 0 Å². The van der Waals surface area contributed by atoms with Gasteiger partial charge in [0, 0.05) is 75.9 Å². The van der Waals surface area contributed by atoms with Gasteiger partial charge in [-0.1, -0.05) is 0 Å². The van der Waals surface area contributed by atoms with Gasteiger partial charge in [0.1, 0.15) is 25.2 Å². The smallest absolute Gasteiger partial charge is 0.333 e. The quantitative estimate of drug-likeness (QED) is 0.0702. The summed E-state index contributed by atoms with van der Waals surface area (Å²) in [6.07, 6.45) is 1.71. The second-order valence-electron chi connectivity index (χ2n) is 12.2. The average molecular weight is 787 g/mol. The lowest BCUT2D eigenvalue weighted by molar-refractivity contribution is -0.197. The zero-order chi connectivity index (χ0) is 41.1. The molecule has 0 aromatic heterocycles. The van der Waals surface area contributed by atoms with Gasteiger partial charge in [0.2, 0.25) is 23.6 Å². The lowest BCUT2D eigenvalue weighted by atomic mass is 10.1. The Morgan fingerprint density at radius 2 is 0.821 bits per heavy atom. The van der Waals surface area contributed by atoms with Gasteiger partial charge in [-0.15, -0.1) is 10.1 Å². The van der Waals surface area contributed by atoms with E-state index in [2.05, 4.69) is 21.3 Å². The van der Waals surface area contributed by atoms with E-state index in [1.54, 1.807) is 0 Å². The van der Waals surface area contributed by atoms with Crippen LogP contribution < -0.4 is 21.3 Å². The highest BCUT2D eigenvalue weighted by Crippen LogP contribution is 2.14. The van der Waals surface area contributed by atoms with Crippen LogP contribution in [0.2, 0.25) is 0 Å². The first kappa shape index (κ1) is 41.6. The molecule has 4 heterocycles. The van der Waals surface area contributed by atoms with Crippen LogP contribution in [0.3, 0.4) is 0 Å². The number of hydroxylamine groups is 4. The van der Waals surface area contributed by atoms with E-state index < -0.39 is 121 Å². The number of rotatable bonds is 19. The first-order chi connectivity index (χ1) is 26.5. The second-order valence-corrected chi connectivity index (χ2v) is 12.2. The third-order valence-electron chi connectivity index (χ3n) is 8.05. The summed E-state index contributed by atoms with van der Waals surface area (Å²) in [4.78, 5) is 183. The Balaban J connectivity index is 1.46. The summed E-state index contributed by atoms with van der Waals surface area (Å²) in [5.74, 6) is -13.1. The minimum Gasteiger partial charge on any atom is -0.354 e. The molecule has 0 aromatic rings. The Hall–Kier alpha value is -7.14. The predicted octanol–water partition coefficient (Wildman–Crippen LogP) is -5.19. The van der Waals surface area contributed by atoms with Gasteiger partial charge in [-0.2, -0.15) is 0 Å². The molecule has 0 bridgehead atoms. The first-order valence-corrected chi connectivity index (χ1v) is 16.9. The molecule has 4 rings (SSSR count). The molecule has 0 aliphatic carbocycles. The summed E-state index contributed by atoms with van der Waals surface area (Å²) < 4.78 is 0. The minimum atomic E-state index is -2.06. The summed E-state index contributed by atoms with van der Waals surface area (Å²) in [6, 6.07) is -4.11. The third kappa shape index (κ3) is 11.0. The van der Waals surface area contributed by atoms with E-state index in [0.717, 1.165) is 24.3 Å². The van der Waals surface area contributed by atoms with Crippen molar-refractivity contribution in [1.82, 2.24) is 41.2 Å². The number of nitrogens with zero attached hydrogens (tertiary/aromatic N) is 4. The van der Waals surface area contributed by atoms with Crippen LogP contribution in [0.25, 0.3) is 0 Å². The van der Waals surface area contributed by atoms with Crippen molar-refractivity contribution in [2.75, 3.05) is 26.2 Å². The van der Waals surface area contributed by atoms with E-state index in [4.69, 9.17) is 9.68 Å². The Morgan fingerprint density at radius 1 is 0.518 bits per heavy atom. The van der Waals surface area contributed by atoms with Crippen LogP contribution in [-0.4, -0.2) is 141 Å². The highest BCUT2D eigenvalue weighted by molar-refractivity contribution is 6.15. The number of amides is 12. The monoisotopic (exact) mass is 786 g/mol. The fourth-order valence-corrected chi connectivity index (χ4v) is 5.22. The molecule has 0 saturated carbocycles. The molecule has 4 aliphatic heterocycles. The third-order valence-corrected chi connectivity index (χ3v) is 8.05. The molecule has 12 amide bonds. The number of nitrogens with one attached hydrogen (secondary N) is 4. The SMILES string of the molecule is O=C(CN1C(=O)C=CC1=O)N[C@H](C(=O)NCCCC(=O)ON1C(=O)CCC1=O)[C@@H](NC(=O)CN1C(=O)C=CC1=O)C(=O)NCCCC(=O)ON1C(=O)CCC1=O. The fourth-order valence-electron chi connectivity index (χ4n) is 5.22. The maximum atomic E-state index is 13.6. The molecule has 4 N–H and O–H groups in total. The van der Waals surface area contributed by atoms with Gasteiger partial charge in [-0.3, -0.25) is 67.3 Å². The number of imide groups is 4. The van der Waals surface area contributed by atoms with Gasteiger partial charge in [-0.05, 0) is 12.8 Å². The lowest BCUT2D eigenvalue weighted by Gasteiger charge is -2.28. The summed E-state index contributed by atoms with van der Waals surface area (Å²) in [6.45, 7) is -2.60. The zero-order valence-electron chi connectivity index (χ0n) is 29.3. The Kier molecular flexibility index (Phi) is 13.9. The van der Waals surface area contributed by atoms with Crippen LogP contribution in [0.1, 0.15) is 51.4 Å². The maximum Gasteiger partial charge on any atom is 0.333 e. The van der Waals surface area contributed by atoms with Gasteiger partial charge in [-0.25, -0.2) is 9.59 Å². The van der Waals surface area contributed by atoms with Crippen molar-refractivity contribution in [3.05, 3.63) is 24.3 Å². The normalized spacial score (nSPS) is 17.5. The van der Waals surface area contributed by atoms with Crippen LogP contribution >= 0.6 is 0 Å². The van der Waals surface area contributed by atoms with Gasteiger partial charge >= 0.3 is 11.9 Å². The molecule has 2 atom stereocenters. The molecule has 0 unspecified atom stereocenters. The van der Waals surface area contributed by atoms with Crippen LogP contribution in [-0.2, 0) is 76.8 Å². The summed E-state index contributed by atoms with van der Waals surface area (Å²) in [5, 5.41) is 9.65. The lowest BCUT2D eigenvalue weighted by Crippen LogP contribution is -2.65. The summed E-state index contributed by atoms with van der Waals surface area (Å²) in [5.41, 5.74) is 0. The number of hydrogen-bond acceptors (Lipinski definition) is 16. The van der Waals surface area contributed by atoms with Crippen molar-refractivity contribution in [2.24, 2.45) is 0 Å². The van der Waals surface area contributed by atoms with E-state index in [9.17, 15) is 67.1 Å². The molecule has 0 aromatic carbocycles. The van der Waals surface area contributed by atoms with Crippen molar-refractivity contribution in [3.8, 4) is 0 Å². The topological polar surface area (TPSA) is 319 Å². The highest BCUT2D eigenvalue weighted by atomic mass is 16.7. The zero-order valence-corrected chi connectivity index (χ0v) is 29.3. The summed E-state index contributed by atoms with van der Waals surface area (Å²) >= 11 is 0. The number of hydrogen-bond donors (Lipinski definition) is 4. The molecule has 298 valence electrons. The molecule has 0 spiro atoms. The molecule has 0 radical (unpaired) electrons. The largest absolute Gasteiger partial charge is 0.354 e. The first-order valence-electron chi connectivity index (χ1n) is 16.9. The van der Waals surface area contributed by atoms with Gasteiger partial charge < -0.3 is 30.9 Å². The fraction of sp³-hybridized carbons (Fsp3) is 0.438. The van der Waals surface area contributed by atoms with Crippen molar-refractivity contribution in [1.29, 1.82) is 0 Å². The van der Waals surface area contributed by atoms with E-state index in [1.807, 2.05) is 0 Å². The molecule has 2 fully saturated rings. The molecular formula is C32H34N8O16. The van der Waals surface area contributed by atoms with Crippen molar-refractivity contribution >= 4 is 82.8 Å². The minimum absolute atomic E-state index is 0.145. The van der Waals surface area contributed by atoms with Crippen molar-refractivity contribution < 1.29 is 76.8 Å². The Morgan fingerprint density at radius 3 is 1.12 bits per heavy atom. The van der Waals surface area contributed by atoms with Crippen LogP contribution in [0.5, 0.6) is 0 Å². The molecule has 24 heteroatoms. The number of carbonyl (C=O) groups is 14.